The number of hydrogen-bond donors (Lipinski definition) is 2. The first-order valence-corrected chi connectivity index (χ1v) is 6.34. The van der Waals surface area contributed by atoms with Crippen LogP contribution in [0, 0.1) is 0 Å². The molecule has 100 valence electrons. The maximum atomic E-state index is 11.8. The SMILES string of the molecule is CCCCCCNC(=O)c1ccc(OC)cc1O. The highest BCUT2D eigenvalue weighted by molar-refractivity contribution is 5.96. The van der Waals surface area contributed by atoms with E-state index in [1.165, 1.54) is 26.0 Å². The summed E-state index contributed by atoms with van der Waals surface area (Å²) in [7, 11) is 1.52. The Hall–Kier alpha value is -1.71. The van der Waals surface area contributed by atoms with E-state index >= 15 is 0 Å². The van der Waals surface area contributed by atoms with Crippen LogP contribution in [0.5, 0.6) is 11.5 Å². The second kappa shape index (κ2) is 7.58. The van der Waals surface area contributed by atoms with E-state index in [1.54, 1.807) is 12.1 Å². The summed E-state index contributed by atoms with van der Waals surface area (Å²) < 4.78 is 4.96. The lowest BCUT2D eigenvalue weighted by Crippen LogP contribution is -2.24. The molecular formula is C14H21NO3. The van der Waals surface area contributed by atoms with Gasteiger partial charge in [0.25, 0.3) is 5.91 Å². The van der Waals surface area contributed by atoms with Gasteiger partial charge in [-0.05, 0) is 18.6 Å². The third kappa shape index (κ3) is 4.28. The average molecular weight is 251 g/mol. The number of phenolic OH excluding ortho intramolecular Hbond substituents is 1. The number of carbonyl (C=O) groups excluding carboxylic acids is 1. The van der Waals surface area contributed by atoms with E-state index in [2.05, 4.69) is 12.2 Å². The number of unbranched alkanes of at least 4 members (excludes halogenated alkanes) is 3. The summed E-state index contributed by atoms with van der Waals surface area (Å²) in [5.74, 6) is 0.235. The number of methoxy groups -OCH3 is 1. The summed E-state index contributed by atoms with van der Waals surface area (Å²) in [6, 6.07) is 4.66. The Kier molecular flexibility index (Phi) is 6.05. The molecule has 0 atom stereocenters. The number of carbonyl (C=O) groups is 1. The van der Waals surface area contributed by atoms with E-state index in [1.807, 2.05) is 0 Å². The molecule has 0 fully saturated rings. The fourth-order valence-corrected chi connectivity index (χ4v) is 1.68. The first-order chi connectivity index (χ1) is 8.69. The van der Waals surface area contributed by atoms with Crippen LogP contribution in [-0.4, -0.2) is 24.7 Å². The molecule has 2 N–H and O–H groups in total. The normalized spacial score (nSPS) is 10.1. The smallest absolute Gasteiger partial charge is 0.255 e. The molecule has 0 aromatic heterocycles. The molecule has 0 unspecified atom stereocenters. The summed E-state index contributed by atoms with van der Waals surface area (Å²) in [4.78, 5) is 11.8. The number of hydrogen-bond acceptors (Lipinski definition) is 3. The Balaban J connectivity index is 2.46. The van der Waals surface area contributed by atoms with Crippen molar-refractivity contribution < 1.29 is 14.6 Å². The predicted molar refractivity (Wildman–Crippen MR) is 71.1 cm³/mol. The Bertz CT molecular complexity index is 391. The molecule has 1 aromatic carbocycles. The molecule has 0 aliphatic carbocycles. The number of nitrogens with one attached hydrogen (secondary N) is 1. The van der Waals surface area contributed by atoms with Crippen LogP contribution in [0.2, 0.25) is 0 Å². The number of benzene rings is 1. The summed E-state index contributed by atoms with van der Waals surface area (Å²) in [6.07, 6.45) is 4.44. The van der Waals surface area contributed by atoms with Crippen molar-refractivity contribution in [1.29, 1.82) is 0 Å². The van der Waals surface area contributed by atoms with E-state index in [4.69, 9.17) is 4.74 Å². The van der Waals surface area contributed by atoms with Crippen LogP contribution in [0.25, 0.3) is 0 Å². The van der Waals surface area contributed by atoms with Crippen molar-refractivity contribution in [2.45, 2.75) is 32.6 Å². The van der Waals surface area contributed by atoms with E-state index in [-0.39, 0.29) is 17.2 Å². The minimum Gasteiger partial charge on any atom is -0.507 e. The van der Waals surface area contributed by atoms with Crippen molar-refractivity contribution >= 4 is 5.91 Å². The Morgan fingerprint density at radius 1 is 1.33 bits per heavy atom. The standard InChI is InChI=1S/C14H21NO3/c1-3-4-5-6-9-15-14(17)12-8-7-11(18-2)10-13(12)16/h7-8,10,16H,3-6,9H2,1-2H3,(H,15,17). The van der Waals surface area contributed by atoms with Crippen molar-refractivity contribution in [3.63, 3.8) is 0 Å². The molecule has 0 heterocycles. The molecule has 1 rings (SSSR count). The zero-order valence-electron chi connectivity index (χ0n) is 11.0. The van der Waals surface area contributed by atoms with Crippen LogP contribution in [0.4, 0.5) is 0 Å². The molecule has 1 amide bonds. The van der Waals surface area contributed by atoms with E-state index in [0.29, 0.717) is 12.3 Å². The average Bonchev–Trinajstić information content (AvgIpc) is 2.38. The van der Waals surface area contributed by atoms with Gasteiger partial charge in [0.1, 0.15) is 11.5 Å². The number of amides is 1. The maximum Gasteiger partial charge on any atom is 0.255 e. The molecule has 0 aliphatic rings. The van der Waals surface area contributed by atoms with Gasteiger partial charge in [-0.25, -0.2) is 0 Å². The zero-order valence-corrected chi connectivity index (χ0v) is 11.0. The van der Waals surface area contributed by atoms with Crippen molar-refractivity contribution in [2.24, 2.45) is 0 Å². The Morgan fingerprint density at radius 3 is 2.72 bits per heavy atom. The molecule has 0 radical (unpaired) electrons. The van der Waals surface area contributed by atoms with Crippen molar-refractivity contribution in [3.8, 4) is 11.5 Å². The minimum atomic E-state index is -0.244. The van der Waals surface area contributed by atoms with Gasteiger partial charge in [0.2, 0.25) is 0 Å². The van der Waals surface area contributed by atoms with Crippen molar-refractivity contribution in [2.75, 3.05) is 13.7 Å². The summed E-state index contributed by atoms with van der Waals surface area (Å²) in [6.45, 7) is 2.79. The third-order valence-corrected chi connectivity index (χ3v) is 2.77. The predicted octanol–water partition coefficient (Wildman–Crippen LogP) is 2.71. The quantitative estimate of drug-likeness (QED) is 0.732. The molecule has 0 aliphatic heterocycles. The fourth-order valence-electron chi connectivity index (χ4n) is 1.68. The van der Waals surface area contributed by atoms with Crippen LogP contribution < -0.4 is 10.1 Å². The topological polar surface area (TPSA) is 58.6 Å². The van der Waals surface area contributed by atoms with E-state index < -0.39 is 0 Å². The molecule has 1 aromatic rings. The highest BCUT2D eigenvalue weighted by Gasteiger charge is 2.10. The molecule has 0 saturated heterocycles. The van der Waals surface area contributed by atoms with Gasteiger partial charge in [0, 0.05) is 12.6 Å². The lowest BCUT2D eigenvalue weighted by molar-refractivity contribution is 0.0950. The van der Waals surface area contributed by atoms with Gasteiger partial charge < -0.3 is 15.2 Å². The van der Waals surface area contributed by atoms with Crippen LogP contribution >= 0.6 is 0 Å². The van der Waals surface area contributed by atoms with Gasteiger partial charge in [-0.15, -0.1) is 0 Å². The molecular weight excluding hydrogens is 230 g/mol. The molecule has 18 heavy (non-hydrogen) atoms. The third-order valence-electron chi connectivity index (χ3n) is 2.77. The van der Waals surface area contributed by atoms with Gasteiger partial charge in [-0.1, -0.05) is 26.2 Å². The Labute approximate surface area is 108 Å². The number of ether oxygens (including phenoxy) is 1. The van der Waals surface area contributed by atoms with E-state index in [9.17, 15) is 9.90 Å². The molecule has 4 nitrogen and oxygen atoms in total. The van der Waals surface area contributed by atoms with Crippen molar-refractivity contribution in [3.05, 3.63) is 23.8 Å². The minimum absolute atomic E-state index is 0.0552. The summed E-state index contributed by atoms with van der Waals surface area (Å²) in [5.41, 5.74) is 0.284. The fraction of sp³-hybridized carbons (Fsp3) is 0.500. The monoisotopic (exact) mass is 251 g/mol. The number of aromatic hydroxyl groups is 1. The van der Waals surface area contributed by atoms with Gasteiger partial charge in [0.15, 0.2) is 0 Å². The molecule has 0 spiro atoms. The van der Waals surface area contributed by atoms with E-state index in [0.717, 1.165) is 12.8 Å². The number of rotatable bonds is 7. The highest BCUT2D eigenvalue weighted by atomic mass is 16.5. The van der Waals surface area contributed by atoms with Crippen LogP contribution in [0.3, 0.4) is 0 Å². The first kappa shape index (κ1) is 14.4. The highest BCUT2D eigenvalue weighted by Crippen LogP contribution is 2.23. The van der Waals surface area contributed by atoms with Gasteiger partial charge in [0.05, 0.1) is 12.7 Å². The first-order valence-electron chi connectivity index (χ1n) is 6.34. The maximum absolute atomic E-state index is 11.8. The van der Waals surface area contributed by atoms with Crippen LogP contribution in [0.15, 0.2) is 18.2 Å². The van der Waals surface area contributed by atoms with Gasteiger partial charge in [-0.3, -0.25) is 4.79 Å². The van der Waals surface area contributed by atoms with Crippen LogP contribution in [-0.2, 0) is 0 Å². The second-order valence-electron chi connectivity index (χ2n) is 4.20. The lowest BCUT2D eigenvalue weighted by Gasteiger charge is -2.08. The summed E-state index contributed by atoms with van der Waals surface area (Å²) >= 11 is 0. The Morgan fingerprint density at radius 2 is 2.11 bits per heavy atom. The van der Waals surface area contributed by atoms with Gasteiger partial charge in [-0.2, -0.15) is 0 Å². The second-order valence-corrected chi connectivity index (χ2v) is 4.20. The lowest BCUT2D eigenvalue weighted by atomic mass is 10.1. The summed E-state index contributed by atoms with van der Waals surface area (Å²) in [5, 5.41) is 12.5. The largest absolute Gasteiger partial charge is 0.507 e. The van der Waals surface area contributed by atoms with Crippen LogP contribution in [0.1, 0.15) is 43.0 Å². The number of phenols is 1. The zero-order chi connectivity index (χ0) is 13.4. The van der Waals surface area contributed by atoms with Crippen molar-refractivity contribution in [1.82, 2.24) is 5.32 Å². The van der Waals surface area contributed by atoms with Gasteiger partial charge >= 0.3 is 0 Å². The molecule has 0 bridgehead atoms. The molecule has 4 heteroatoms. The molecule has 0 saturated carbocycles.